The SMILES string of the molecule is CCOc1cc(CN2CCC(Nc3nc4cc(S(=O)(=O)O)ccc4o3)CC2)ccc1OC(CC)CC. The molecule has 1 aromatic heterocycles. The summed E-state index contributed by atoms with van der Waals surface area (Å²) in [4.78, 5) is 6.55. The molecule has 3 aromatic rings. The van der Waals surface area contributed by atoms with Crippen molar-refractivity contribution in [2.75, 3.05) is 25.0 Å². The standard InChI is InChI=1S/C26H35N3O6S/c1-4-20(5-2)34-24-9-7-18(15-25(24)33-6-3)17-29-13-11-19(12-14-29)27-26-28-22-16-21(36(30,31)32)8-10-23(22)35-26/h7-10,15-16,19-20H,4-6,11-14,17H2,1-3H3,(H,27,28)(H,30,31,32). The van der Waals surface area contributed by atoms with Crippen LogP contribution in [0.4, 0.5) is 6.01 Å². The van der Waals surface area contributed by atoms with Crippen molar-refractivity contribution in [3.05, 3.63) is 42.0 Å². The Labute approximate surface area is 212 Å². The summed E-state index contributed by atoms with van der Waals surface area (Å²) in [6, 6.07) is 10.9. The van der Waals surface area contributed by atoms with Gasteiger partial charge in [-0.15, -0.1) is 0 Å². The summed E-state index contributed by atoms with van der Waals surface area (Å²) in [6.45, 7) is 9.50. The van der Waals surface area contributed by atoms with E-state index in [1.54, 1.807) is 0 Å². The molecular weight excluding hydrogens is 482 g/mol. The maximum atomic E-state index is 11.4. The average Bonchev–Trinajstić information content (AvgIpc) is 3.26. The molecule has 0 saturated carbocycles. The van der Waals surface area contributed by atoms with E-state index in [4.69, 9.17) is 13.9 Å². The molecule has 1 aliphatic heterocycles. The molecular formula is C26H35N3O6S. The third kappa shape index (κ3) is 6.48. The van der Waals surface area contributed by atoms with E-state index in [9.17, 15) is 13.0 Å². The molecule has 4 rings (SSSR count). The molecule has 0 bridgehead atoms. The summed E-state index contributed by atoms with van der Waals surface area (Å²) >= 11 is 0. The molecule has 1 aliphatic rings. The summed E-state index contributed by atoms with van der Waals surface area (Å²) in [5.41, 5.74) is 2.03. The van der Waals surface area contributed by atoms with Gasteiger partial charge in [0.05, 0.1) is 17.6 Å². The number of oxazole rings is 1. The molecule has 2 aromatic carbocycles. The quantitative estimate of drug-likeness (QED) is 0.335. The van der Waals surface area contributed by atoms with Gasteiger partial charge in [-0.3, -0.25) is 9.45 Å². The molecule has 2 N–H and O–H groups in total. The van der Waals surface area contributed by atoms with E-state index < -0.39 is 10.1 Å². The Hall–Kier alpha value is -2.82. The van der Waals surface area contributed by atoms with E-state index in [1.165, 1.54) is 23.8 Å². The van der Waals surface area contributed by atoms with Crippen molar-refractivity contribution in [3.63, 3.8) is 0 Å². The minimum atomic E-state index is -4.28. The number of likely N-dealkylation sites (tertiary alicyclic amines) is 1. The number of nitrogens with one attached hydrogen (secondary N) is 1. The fourth-order valence-corrected chi connectivity index (χ4v) is 4.95. The highest BCUT2D eigenvalue weighted by Crippen LogP contribution is 2.31. The Morgan fingerprint density at radius 1 is 1.11 bits per heavy atom. The van der Waals surface area contributed by atoms with Crippen LogP contribution >= 0.6 is 0 Å². The third-order valence-electron chi connectivity index (χ3n) is 6.49. The van der Waals surface area contributed by atoms with Crippen LogP contribution in [0.2, 0.25) is 0 Å². The number of rotatable bonds is 11. The van der Waals surface area contributed by atoms with E-state index in [-0.39, 0.29) is 17.0 Å². The highest BCUT2D eigenvalue weighted by molar-refractivity contribution is 7.85. The first-order valence-electron chi connectivity index (χ1n) is 12.6. The van der Waals surface area contributed by atoms with Crippen LogP contribution in [-0.2, 0) is 16.7 Å². The van der Waals surface area contributed by atoms with Crippen LogP contribution < -0.4 is 14.8 Å². The van der Waals surface area contributed by atoms with Gasteiger partial charge in [0.25, 0.3) is 16.1 Å². The van der Waals surface area contributed by atoms with Gasteiger partial charge in [0.1, 0.15) is 5.52 Å². The van der Waals surface area contributed by atoms with Crippen LogP contribution in [0.5, 0.6) is 11.5 Å². The Morgan fingerprint density at radius 3 is 2.53 bits per heavy atom. The van der Waals surface area contributed by atoms with E-state index >= 15 is 0 Å². The molecule has 0 atom stereocenters. The number of hydrogen-bond donors (Lipinski definition) is 2. The highest BCUT2D eigenvalue weighted by Gasteiger charge is 2.22. The summed E-state index contributed by atoms with van der Waals surface area (Å²) in [5.74, 6) is 1.60. The maximum absolute atomic E-state index is 11.4. The van der Waals surface area contributed by atoms with Crippen molar-refractivity contribution in [1.82, 2.24) is 9.88 Å². The molecule has 0 unspecified atom stereocenters. The number of piperidine rings is 1. The number of fused-ring (bicyclic) bond motifs is 1. The Bertz CT molecular complexity index is 1260. The van der Waals surface area contributed by atoms with Crippen LogP contribution in [0.15, 0.2) is 45.7 Å². The second-order valence-corrected chi connectivity index (χ2v) is 10.5. The van der Waals surface area contributed by atoms with E-state index in [0.717, 1.165) is 56.8 Å². The summed E-state index contributed by atoms with van der Waals surface area (Å²) in [7, 11) is -4.28. The Balaban J connectivity index is 1.34. The van der Waals surface area contributed by atoms with E-state index in [2.05, 4.69) is 41.2 Å². The van der Waals surface area contributed by atoms with Gasteiger partial charge in [-0.25, -0.2) is 0 Å². The van der Waals surface area contributed by atoms with Gasteiger partial charge in [-0.1, -0.05) is 19.9 Å². The van der Waals surface area contributed by atoms with E-state index in [1.807, 2.05) is 13.0 Å². The number of hydrogen-bond acceptors (Lipinski definition) is 8. The zero-order chi connectivity index (χ0) is 25.7. The molecule has 0 amide bonds. The molecule has 10 heteroatoms. The lowest BCUT2D eigenvalue weighted by molar-refractivity contribution is 0.181. The zero-order valence-electron chi connectivity index (χ0n) is 21.1. The lowest BCUT2D eigenvalue weighted by Gasteiger charge is -2.32. The van der Waals surface area contributed by atoms with Crippen molar-refractivity contribution in [1.29, 1.82) is 0 Å². The summed E-state index contributed by atoms with van der Waals surface area (Å²) < 4.78 is 49.7. The summed E-state index contributed by atoms with van der Waals surface area (Å²) in [5, 5.41) is 3.32. The van der Waals surface area contributed by atoms with Gasteiger partial charge in [0.2, 0.25) is 0 Å². The number of anilines is 1. The molecule has 196 valence electrons. The van der Waals surface area contributed by atoms with Gasteiger partial charge in [-0.2, -0.15) is 13.4 Å². The van der Waals surface area contributed by atoms with Crippen molar-refractivity contribution in [2.45, 2.75) is 70.0 Å². The predicted molar refractivity (Wildman–Crippen MR) is 138 cm³/mol. The Kier molecular flexibility index (Phi) is 8.38. The minimum Gasteiger partial charge on any atom is -0.490 e. The van der Waals surface area contributed by atoms with Gasteiger partial charge in [0.15, 0.2) is 17.1 Å². The van der Waals surface area contributed by atoms with Crippen LogP contribution in [0.1, 0.15) is 52.0 Å². The van der Waals surface area contributed by atoms with Crippen LogP contribution in [0.3, 0.4) is 0 Å². The van der Waals surface area contributed by atoms with Crippen LogP contribution in [0, 0.1) is 0 Å². The molecule has 0 spiro atoms. The minimum absolute atomic E-state index is 0.188. The van der Waals surface area contributed by atoms with Crippen LogP contribution in [-0.4, -0.2) is 54.7 Å². The number of aromatic nitrogens is 1. The fraction of sp³-hybridized carbons (Fsp3) is 0.500. The molecule has 0 radical (unpaired) electrons. The maximum Gasteiger partial charge on any atom is 0.295 e. The average molecular weight is 518 g/mol. The zero-order valence-corrected chi connectivity index (χ0v) is 21.9. The summed E-state index contributed by atoms with van der Waals surface area (Å²) in [6.07, 6.45) is 3.95. The molecule has 36 heavy (non-hydrogen) atoms. The van der Waals surface area contributed by atoms with E-state index in [0.29, 0.717) is 23.7 Å². The smallest absolute Gasteiger partial charge is 0.295 e. The fourth-order valence-electron chi connectivity index (χ4n) is 4.45. The molecule has 2 heterocycles. The molecule has 1 saturated heterocycles. The second kappa shape index (κ2) is 11.5. The van der Waals surface area contributed by atoms with Gasteiger partial charge >= 0.3 is 0 Å². The first kappa shape index (κ1) is 26.2. The number of benzene rings is 2. The van der Waals surface area contributed by atoms with Crippen molar-refractivity contribution < 1.29 is 26.9 Å². The lowest BCUT2D eigenvalue weighted by Crippen LogP contribution is -2.38. The monoisotopic (exact) mass is 517 g/mol. The van der Waals surface area contributed by atoms with Crippen molar-refractivity contribution in [2.24, 2.45) is 0 Å². The Morgan fingerprint density at radius 2 is 1.86 bits per heavy atom. The lowest BCUT2D eigenvalue weighted by atomic mass is 10.0. The van der Waals surface area contributed by atoms with Gasteiger partial charge < -0.3 is 19.2 Å². The van der Waals surface area contributed by atoms with Crippen LogP contribution in [0.25, 0.3) is 11.1 Å². The largest absolute Gasteiger partial charge is 0.490 e. The third-order valence-corrected chi connectivity index (χ3v) is 7.34. The molecule has 0 aliphatic carbocycles. The second-order valence-electron chi connectivity index (χ2n) is 9.09. The van der Waals surface area contributed by atoms with Gasteiger partial charge in [-0.05, 0) is 68.5 Å². The number of nitrogens with zero attached hydrogens (tertiary/aromatic N) is 2. The molecule has 1 fully saturated rings. The molecule has 9 nitrogen and oxygen atoms in total. The predicted octanol–water partition coefficient (Wildman–Crippen LogP) is 5.12. The van der Waals surface area contributed by atoms with Crippen molar-refractivity contribution >= 4 is 27.2 Å². The highest BCUT2D eigenvalue weighted by atomic mass is 32.2. The first-order valence-corrected chi connectivity index (χ1v) is 14.0. The first-order chi connectivity index (χ1) is 17.3. The normalized spacial score (nSPS) is 15.5. The number of ether oxygens (including phenoxy) is 2. The topological polar surface area (TPSA) is 114 Å². The van der Waals surface area contributed by atoms with Crippen molar-refractivity contribution in [3.8, 4) is 11.5 Å². The van der Waals surface area contributed by atoms with Gasteiger partial charge in [0, 0.05) is 25.7 Å².